The lowest BCUT2D eigenvalue weighted by Gasteiger charge is -2.22. The largest absolute Gasteiger partial charge is 0.493 e. The molecule has 0 radical (unpaired) electrons. The molecule has 0 aliphatic heterocycles. The summed E-state index contributed by atoms with van der Waals surface area (Å²) in [6.45, 7) is 10.0. The van der Waals surface area contributed by atoms with E-state index < -0.39 is 0 Å². The van der Waals surface area contributed by atoms with Crippen molar-refractivity contribution in [3.8, 4) is 5.75 Å². The lowest BCUT2D eigenvalue weighted by atomic mass is 10.1. The zero-order valence-corrected chi connectivity index (χ0v) is 17.1. The van der Waals surface area contributed by atoms with Crippen molar-refractivity contribution < 1.29 is 19.1 Å². The van der Waals surface area contributed by atoms with Crippen LogP contribution in [0.15, 0.2) is 30.3 Å². The van der Waals surface area contributed by atoms with Crippen molar-refractivity contribution in [1.82, 2.24) is 4.90 Å². The third-order valence-electron chi connectivity index (χ3n) is 3.97. The van der Waals surface area contributed by atoms with Crippen LogP contribution in [0.25, 0.3) is 6.08 Å². The molecule has 1 aromatic rings. The van der Waals surface area contributed by atoms with E-state index in [9.17, 15) is 9.59 Å². The van der Waals surface area contributed by atoms with Gasteiger partial charge in [0.25, 0.3) is 0 Å². The van der Waals surface area contributed by atoms with Crippen LogP contribution in [-0.4, -0.2) is 43.1 Å². The summed E-state index contributed by atoms with van der Waals surface area (Å²) in [5.74, 6) is 0.867. The number of carbonyl (C=O) groups excluding carboxylic acids is 2. The van der Waals surface area contributed by atoms with E-state index >= 15 is 0 Å². The summed E-state index contributed by atoms with van der Waals surface area (Å²) in [5, 5.41) is 0. The normalized spacial score (nSPS) is 11.0. The highest BCUT2D eigenvalue weighted by atomic mass is 16.5. The SMILES string of the molecule is CCCOc1ccccc1/C=C/C(=O)N(CCC(=O)OCC)CCC(C)C. The fourth-order valence-electron chi connectivity index (χ4n) is 2.43. The van der Waals surface area contributed by atoms with Crippen molar-refractivity contribution in [3.63, 3.8) is 0 Å². The molecule has 0 aliphatic rings. The Morgan fingerprint density at radius 1 is 1.15 bits per heavy atom. The molecule has 0 aromatic heterocycles. The molecule has 0 atom stereocenters. The maximum absolute atomic E-state index is 12.7. The van der Waals surface area contributed by atoms with Gasteiger partial charge in [-0.1, -0.05) is 39.0 Å². The molecule has 5 heteroatoms. The Bertz CT molecular complexity index is 610. The van der Waals surface area contributed by atoms with Gasteiger partial charge in [-0.15, -0.1) is 0 Å². The van der Waals surface area contributed by atoms with Gasteiger partial charge >= 0.3 is 5.97 Å². The highest BCUT2D eigenvalue weighted by Gasteiger charge is 2.14. The molecule has 0 fully saturated rings. The number of benzene rings is 1. The van der Waals surface area contributed by atoms with Gasteiger partial charge in [0.1, 0.15) is 5.75 Å². The van der Waals surface area contributed by atoms with Crippen molar-refractivity contribution in [2.75, 3.05) is 26.3 Å². The summed E-state index contributed by atoms with van der Waals surface area (Å²) >= 11 is 0. The zero-order valence-electron chi connectivity index (χ0n) is 17.1. The number of rotatable bonds is 12. The molecular formula is C22H33NO4. The average molecular weight is 376 g/mol. The van der Waals surface area contributed by atoms with Gasteiger partial charge in [0.05, 0.1) is 19.6 Å². The minimum absolute atomic E-state index is 0.106. The van der Waals surface area contributed by atoms with E-state index in [1.165, 1.54) is 0 Å². The smallest absolute Gasteiger partial charge is 0.307 e. The predicted molar refractivity (Wildman–Crippen MR) is 109 cm³/mol. The first-order valence-corrected chi connectivity index (χ1v) is 9.82. The van der Waals surface area contributed by atoms with Crippen LogP contribution in [0.2, 0.25) is 0 Å². The Kier molecular flexibility index (Phi) is 10.9. The van der Waals surface area contributed by atoms with Crippen molar-refractivity contribution in [2.45, 2.75) is 47.0 Å². The number of hydrogen-bond donors (Lipinski definition) is 0. The van der Waals surface area contributed by atoms with E-state index in [-0.39, 0.29) is 18.3 Å². The highest BCUT2D eigenvalue weighted by molar-refractivity contribution is 5.92. The second-order valence-electron chi connectivity index (χ2n) is 6.78. The van der Waals surface area contributed by atoms with Crippen LogP contribution in [0.4, 0.5) is 0 Å². The Morgan fingerprint density at radius 2 is 1.89 bits per heavy atom. The lowest BCUT2D eigenvalue weighted by molar-refractivity contribution is -0.143. The third-order valence-corrected chi connectivity index (χ3v) is 3.97. The highest BCUT2D eigenvalue weighted by Crippen LogP contribution is 2.20. The van der Waals surface area contributed by atoms with E-state index in [4.69, 9.17) is 9.47 Å². The predicted octanol–water partition coefficient (Wildman–Crippen LogP) is 4.32. The summed E-state index contributed by atoms with van der Waals surface area (Å²) in [4.78, 5) is 26.0. The molecule has 150 valence electrons. The average Bonchev–Trinajstić information content (AvgIpc) is 2.65. The molecule has 0 saturated heterocycles. The number of amides is 1. The van der Waals surface area contributed by atoms with Crippen LogP contribution in [0.1, 0.15) is 52.5 Å². The number of ether oxygens (including phenoxy) is 2. The van der Waals surface area contributed by atoms with Gasteiger partial charge in [-0.05, 0) is 37.8 Å². The second-order valence-corrected chi connectivity index (χ2v) is 6.78. The van der Waals surface area contributed by atoms with Gasteiger partial charge < -0.3 is 14.4 Å². The molecule has 0 saturated carbocycles. The summed E-state index contributed by atoms with van der Waals surface area (Å²) < 4.78 is 10.7. The summed E-state index contributed by atoms with van der Waals surface area (Å²) in [7, 11) is 0. The van der Waals surface area contributed by atoms with Crippen LogP contribution >= 0.6 is 0 Å². The summed E-state index contributed by atoms with van der Waals surface area (Å²) in [6.07, 6.45) is 5.35. The van der Waals surface area contributed by atoms with E-state index in [1.54, 1.807) is 24.0 Å². The van der Waals surface area contributed by atoms with Gasteiger partial charge in [-0.3, -0.25) is 9.59 Å². The van der Waals surface area contributed by atoms with Crippen molar-refractivity contribution >= 4 is 18.0 Å². The fraction of sp³-hybridized carbons (Fsp3) is 0.545. The Hall–Kier alpha value is -2.30. The van der Waals surface area contributed by atoms with Crippen LogP contribution < -0.4 is 4.74 Å². The van der Waals surface area contributed by atoms with Gasteiger partial charge in [-0.25, -0.2) is 0 Å². The Balaban J connectivity index is 2.79. The number of para-hydroxylation sites is 1. The van der Waals surface area contributed by atoms with Gasteiger partial charge in [0.15, 0.2) is 0 Å². The summed E-state index contributed by atoms with van der Waals surface area (Å²) in [6, 6.07) is 7.65. The van der Waals surface area contributed by atoms with Gasteiger partial charge in [-0.2, -0.15) is 0 Å². The molecule has 0 N–H and O–H groups in total. The summed E-state index contributed by atoms with van der Waals surface area (Å²) in [5.41, 5.74) is 0.869. The molecule has 1 aromatic carbocycles. The number of hydrogen-bond acceptors (Lipinski definition) is 4. The first-order valence-electron chi connectivity index (χ1n) is 9.82. The molecule has 1 amide bonds. The molecule has 5 nitrogen and oxygen atoms in total. The van der Waals surface area contributed by atoms with Crippen molar-refractivity contribution in [3.05, 3.63) is 35.9 Å². The molecule has 0 aliphatic carbocycles. The zero-order chi connectivity index (χ0) is 20.1. The molecule has 27 heavy (non-hydrogen) atoms. The maximum atomic E-state index is 12.7. The Labute approximate surface area is 163 Å². The van der Waals surface area contributed by atoms with Crippen LogP contribution in [0.3, 0.4) is 0 Å². The van der Waals surface area contributed by atoms with E-state index in [1.807, 2.05) is 24.3 Å². The number of nitrogens with zero attached hydrogens (tertiary/aromatic N) is 1. The molecule has 0 spiro atoms. The first kappa shape index (κ1) is 22.7. The Morgan fingerprint density at radius 3 is 2.56 bits per heavy atom. The van der Waals surface area contributed by atoms with Crippen molar-refractivity contribution in [1.29, 1.82) is 0 Å². The lowest BCUT2D eigenvalue weighted by Crippen LogP contribution is -2.33. The maximum Gasteiger partial charge on any atom is 0.307 e. The van der Waals surface area contributed by atoms with Crippen LogP contribution in [0.5, 0.6) is 5.75 Å². The minimum atomic E-state index is -0.276. The molecule has 0 bridgehead atoms. The number of carbonyl (C=O) groups is 2. The van der Waals surface area contributed by atoms with Gasteiger partial charge in [0.2, 0.25) is 5.91 Å². The molecule has 0 unspecified atom stereocenters. The minimum Gasteiger partial charge on any atom is -0.493 e. The topological polar surface area (TPSA) is 55.8 Å². The number of esters is 1. The fourth-order valence-corrected chi connectivity index (χ4v) is 2.43. The standard InChI is InChI=1S/C22H33NO4/c1-5-17-27-20-10-8-7-9-19(20)11-12-21(24)23(15-13-18(3)4)16-14-22(25)26-6-2/h7-12,18H,5-6,13-17H2,1-4H3/b12-11+. The first-order chi connectivity index (χ1) is 13.0. The molecule has 1 rings (SSSR count). The second kappa shape index (κ2) is 13.0. The van der Waals surface area contributed by atoms with Crippen molar-refractivity contribution in [2.24, 2.45) is 5.92 Å². The van der Waals surface area contributed by atoms with E-state index in [0.717, 1.165) is 24.2 Å². The quantitative estimate of drug-likeness (QED) is 0.403. The van der Waals surface area contributed by atoms with Crippen LogP contribution in [0, 0.1) is 5.92 Å². The third kappa shape index (κ3) is 9.27. The van der Waals surface area contributed by atoms with Gasteiger partial charge in [0, 0.05) is 24.7 Å². The van der Waals surface area contributed by atoms with E-state index in [2.05, 4.69) is 20.8 Å². The monoisotopic (exact) mass is 375 g/mol. The molecule has 0 heterocycles. The van der Waals surface area contributed by atoms with Crippen LogP contribution in [-0.2, 0) is 14.3 Å². The van der Waals surface area contributed by atoms with E-state index in [0.29, 0.717) is 32.2 Å². The molecular weight excluding hydrogens is 342 g/mol.